The number of hydrogen-bond acceptors (Lipinski definition) is 3. The Labute approximate surface area is 127 Å². The predicted octanol–water partition coefficient (Wildman–Crippen LogP) is 4.24. The van der Waals surface area contributed by atoms with Crippen molar-refractivity contribution in [2.24, 2.45) is 0 Å². The highest BCUT2D eigenvalue weighted by Crippen LogP contribution is 2.35. The van der Waals surface area contributed by atoms with Crippen molar-refractivity contribution in [1.82, 2.24) is 0 Å². The maximum absolute atomic E-state index is 12.4. The number of benzene rings is 2. The van der Waals surface area contributed by atoms with Crippen LogP contribution in [-0.4, -0.2) is 11.1 Å². The fourth-order valence-corrected chi connectivity index (χ4v) is 3.00. The van der Waals surface area contributed by atoms with Crippen molar-refractivity contribution in [2.45, 2.75) is 6.92 Å². The van der Waals surface area contributed by atoms with Crippen LogP contribution in [0.3, 0.4) is 0 Å². The molecule has 104 valence electrons. The Kier molecular flexibility index (Phi) is 3.62. The van der Waals surface area contributed by atoms with E-state index in [1.54, 1.807) is 12.1 Å². The van der Waals surface area contributed by atoms with E-state index in [-0.39, 0.29) is 11.1 Å². The summed E-state index contributed by atoms with van der Waals surface area (Å²) in [5.41, 5.74) is 2.54. The van der Waals surface area contributed by atoms with Crippen LogP contribution >= 0.6 is 11.8 Å². The van der Waals surface area contributed by atoms with Crippen LogP contribution in [0.4, 0.5) is 10.5 Å². The van der Waals surface area contributed by atoms with Gasteiger partial charge in [-0.2, -0.15) is 0 Å². The molecule has 1 heterocycles. The maximum Gasteiger partial charge on any atom is 0.298 e. The summed E-state index contributed by atoms with van der Waals surface area (Å²) in [6.07, 6.45) is 1.75. The van der Waals surface area contributed by atoms with Gasteiger partial charge in [-0.15, -0.1) is 0 Å². The molecule has 4 heteroatoms. The number of anilines is 1. The molecule has 0 atom stereocenters. The van der Waals surface area contributed by atoms with Crippen molar-refractivity contribution in [3.63, 3.8) is 0 Å². The minimum absolute atomic E-state index is 0.257. The summed E-state index contributed by atoms with van der Waals surface area (Å²) < 4.78 is 0. The Bertz CT molecular complexity index is 737. The fraction of sp³-hybridized carbons (Fsp3) is 0.0588. The molecular formula is C17H13NO2S. The molecule has 1 aliphatic rings. The van der Waals surface area contributed by atoms with Crippen molar-refractivity contribution in [3.8, 4) is 0 Å². The van der Waals surface area contributed by atoms with E-state index in [1.807, 2.05) is 55.5 Å². The number of carbonyl (C=O) groups excluding carboxylic acids is 2. The molecule has 0 aromatic heterocycles. The highest BCUT2D eigenvalue weighted by atomic mass is 32.2. The molecule has 21 heavy (non-hydrogen) atoms. The molecule has 0 saturated carbocycles. The number of hydrogen-bond donors (Lipinski definition) is 0. The van der Waals surface area contributed by atoms with E-state index in [0.29, 0.717) is 10.6 Å². The number of carbonyl (C=O) groups is 2. The first-order chi connectivity index (χ1) is 10.1. The first-order valence-corrected chi connectivity index (χ1v) is 7.36. The van der Waals surface area contributed by atoms with Crippen LogP contribution in [0.15, 0.2) is 59.5 Å². The summed E-state index contributed by atoms with van der Waals surface area (Å²) >= 11 is 0.976. The van der Waals surface area contributed by atoms with Crippen molar-refractivity contribution >= 4 is 34.7 Å². The van der Waals surface area contributed by atoms with Gasteiger partial charge in [0.05, 0.1) is 10.6 Å². The van der Waals surface area contributed by atoms with Crippen LogP contribution in [0.2, 0.25) is 0 Å². The average molecular weight is 295 g/mol. The SMILES string of the molecule is Cc1cccc(N2C(=O)SC(=Cc3ccccc3)C2=O)c1. The molecule has 2 aromatic carbocycles. The molecule has 0 aliphatic carbocycles. The second-order valence-electron chi connectivity index (χ2n) is 4.77. The Balaban J connectivity index is 1.94. The predicted molar refractivity (Wildman–Crippen MR) is 86.1 cm³/mol. The summed E-state index contributed by atoms with van der Waals surface area (Å²) in [5, 5.41) is -0.257. The van der Waals surface area contributed by atoms with E-state index in [9.17, 15) is 9.59 Å². The van der Waals surface area contributed by atoms with Crippen LogP contribution in [0.25, 0.3) is 6.08 Å². The second kappa shape index (κ2) is 5.58. The van der Waals surface area contributed by atoms with Gasteiger partial charge in [-0.3, -0.25) is 9.59 Å². The zero-order valence-electron chi connectivity index (χ0n) is 11.4. The van der Waals surface area contributed by atoms with Crippen molar-refractivity contribution in [1.29, 1.82) is 0 Å². The monoisotopic (exact) mass is 295 g/mol. The van der Waals surface area contributed by atoms with Gasteiger partial charge in [0.25, 0.3) is 11.1 Å². The highest BCUT2D eigenvalue weighted by molar-refractivity contribution is 8.19. The molecule has 0 radical (unpaired) electrons. The molecular weight excluding hydrogens is 282 g/mol. The molecule has 3 rings (SSSR count). The molecule has 0 unspecified atom stereocenters. The first-order valence-electron chi connectivity index (χ1n) is 6.55. The van der Waals surface area contributed by atoms with Gasteiger partial charge in [0.15, 0.2) is 0 Å². The smallest absolute Gasteiger partial charge is 0.268 e. The van der Waals surface area contributed by atoms with Crippen LogP contribution in [0.5, 0.6) is 0 Å². The lowest BCUT2D eigenvalue weighted by Gasteiger charge is -2.12. The topological polar surface area (TPSA) is 37.4 Å². The minimum atomic E-state index is -0.264. The van der Waals surface area contributed by atoms with Gasteiger partial charge in [0, 0.05) is 0 Å². The fourth-order valence-electron chi connectivity index (χ4n) is 2.16. The molecule has 2 aromatic rings. The van der Waals surface area contributed by atoms with E-state index >= 15 is 0 Å². The lowest BCUT2D eigenvalue weighted by Crippen LogP contribution is -2.27. The molecule has 1 fully saturated rings. The number of amides is 2. The second-order valence-corrected chi connectivity index (χ2v) is 5.76. The molecule has 0 spiro atoms. The zero-order chi connectivity index (χ0) is 14.8. The molecule has 0 N–H and O–H groups in total. The van der Waals surface area contributed by atoms with E-state index < -0.39 is 0 Å². The van der Waals surface area contributed by atoms with Gasteiger partial charge in [0.2, 0.25) is 0 Å². The quantitative estimate of drug-likeness (QED) is 0.778. The third-order valence-corrected chi connectivity index (χ3v) is 4.02. The minimum Gasteiger partial charge on any atom is -0.268 e. The van der Waals surface area contributed by atoms with Crippen molar-refractivity contribution < 1.29 is 9.59 Å². The maximum atomic E-state index is 12.4. The van der Waals surface area contributed by atoms with E-state index in [2.05, 4.69) is 0 Å². The molecule has 2 amide bonds. The number of rotatable bonds is 2. The normalized spacial score (nSPS) is 16.8. The molecule has 3 nitrogen and oxygen atoms in total. The molecule has 0 bridgehead atoms. The van der Waals surface area contributed by atoms with Gasteiger partial charge < -0.3 is 0 Å². The van der Waals surface area contributed by atoms with Gasteiger partial charge in [-0.1, -0.05) is 42.5 Å². The third kappa shape index (κ3) is 2.76. The van der Waals surface area contributed by atoms with Gasteiger partial charge in [-0.25, -0.2) is 4.90 Å². The summed E-state index contributed by atoms with van der Waals surface area (Å²) in [6.45, 7) is 1.93. The summed E-state index contributed by atoms with van der Waals surface area (Å²) in [5.74, 6) is -0.264. The number of thioether (sulfide) groups is 1. The first kappa shape index (κ1) is 13.6. The average Bonchev–Trinajstić information content (AvgIpc) is 2.74. The van der Waals surface area contributed by atoms with Crippen LogP contribution in [0.1, 0.15) is 11.1 Å². The summed E-state index contributed by atoms with van der Waals surface area (Å²) in [7, 11) is 0. The Morgan fingerprint density at radius 1 is 1.00 bits per heavy atom. The number of imide groups is 1. The Morgan fingerprint density at radius 2 is 1.76 bits per heavy atom. The van der Waals surface area contributed by atoms with Crippen molar-refractivity contribution in [3.05, 3.63) is 70.6 Å². The standard InChI is InChI=1S/C17H13NO2S/c1-12-6-5-9-14(10-12)18-16(19)15(21-17(18)20)11-13-7-3-2-4-8-13/h2-11H,1H3. The Hall–Kier alpha value is -2.33. The lowest BCUT2D eigenvalue weighted by molar-refractivity contribution is -0.113. The molecule has 1 saturated heterocycles. The number of aryl methyl sites for hydroxylation is 1. The van der Waals surface area contributed by atoms with Crippen LogP contribution in [-0.2, 0) is 4.79 Å². The Morgan fingerprint density at radius 3 is 2.48 bits per heavy atom. The van der Waals surface area contributed by atoms with E-state index in [4.69, 9.17) is 0 Å². The number of nitrogens with zero attached hydrogens (tertiary/aromatic N) is 1. The van der Waals surface area contributed by atoms with Crippen LogP contribution < -0.4 is 4.90 Å². The zero-order valence-corrected chi connectivity index (χ0v) is 12.3. The third-order valence-electron chi connectivity index (χ3n) is 3.15. The van der Waals surface area contributed by atoms with E-state index in [1.165, 1.54) is 4.90 Å². The van der Waals surface area contributed by atoms with Gasteiger partial charge in [0.1, 0.15) is 0 Å². The lowest BCUT2D eigenvalue weighted by atomic mass is 10.2. The highest BCUT2D eigenvalue weighted by Gasteiger charge is 2.36. The largest absolute Gasteiger partial charge is 0.298 e. The van der Waals surface area contributed by atoms with Gasteiger partial charge >= 0.3 is 0 Å². The van der Waals surface area contributed by atoms with Gasteiger partial charge in [-0.05, 0) is 48.0 Å². The summed E-state index contributed by atoms with van der Waals surface area (Å²) in [6, 6.07) is 16.9. The van der Waals surface area contributed by atoms with Crippen LogP contribution in [0, 0.1) is 6.92 Å². The van der Waals surface area contributed by atoms with E-state index in [0.717, 1.165) is 22.9 Å². The van der Waals surface area contributed by atoms with Crippen molar-refractivity contribution in [2.75, 3.05) is 4.90 Å². The summed E-state index contributed by atoms with van der Waals surface area (Å²) in [4.78, 5) is 26.3. The molecule has 1 aliphatic heterocycles.